The number of nitrogens with one attached hydrogen (secondary N) is 1. The van der Waals surface area contributed by atoms with Crippen molar-refractivity contribution in [1.82, 2.24) is 15.1 Å². The summed E-state index contributed by atoms with van der Waals surface area (Å²) in [6.07, 6.45) is 3.42. The molecule has 0 bridgehead atoms. The van der Waals surface area contributed by atoms with Crippen LogP contribution >= 0.6 is 0 Å². The summed E-state index contributed by atoms with van der Waals surface area (Å²) in [6.45, 7) is 14.5. The highest BCUT2D eigenvalue weighted by atomic mass is 16.3. The lowest BCUT2D eigenvalue weighted by molar-refractivity contribution is 0.160. The van der Waals surface area contributed by atoms with Gasteiger partial charge in [-0.15, -0.1) is 0 Å². The number of unbranched alkanes of at least 4 members (excludes halogenated alkanes) is 1. The standard InChI is InChI=1S/C17H39N3O/c1-7-18-17(4,15-21)10-8-9-11-20(14-16(2)3)13-12-19(5)6/h16,18,21H,7-15H2,1-6H3. The van der Waals surface area contributed by atoms with Gasteiger partial charge in [-0.25, -0.2) is 0 Å². The Bertz CT molecular complexity index is 246. The first kappa shape index (κ1) is 20.8. The van der Waals surface area contributed by atoms with Crippen LogP contribution in [0.25, 0.3) is 0 Å². The first-order valence-corrected chi connectivity index (χ1v) is 8.56. The van der Waals surface area contributed by atoms with Gasteiger partial charge in [0.05, 0.1) is 6.61 Å². The van der Waals surface area contributed by atoms with Crippen LogP contribution < -0.4 is 5.32 Å². The molecule has 0 fully saturated rings. The maximum atomic E-state index is 9.51. The van der Waals surface area contributed by atoms with Crippen LogP contribution in [0.3, 0.4) is 0 Å². The molecular formula is C17H39N3O. The van der Waals surface area contributed by atoms with Gasteiger partial charge in [0.25, 0.3) is 0 Å². The highest BCUT2D eigenvalue weighted by molar-refractivity contribution is 4.81. The molecule has 1 unspecified atom stereocenters. The molecule has 0 saturated heterocycles. The van der Waals surface area contributed by atoms with Gasteiger partial charge in [0.2, 0.25) is 0 Å². The number of hydrogen-bond donors (Lipinski definition) is 2. The van der Waals surface area contributed by atoms with Crippen molar-refractivity contribution in [3.05, 3.63) is 0 Å². The van der Waals surface area contributed by atoms with Crippen molar-refractivity contribution in [2.75, 3.05) is 53.4 Å². The third-order valence-corrected chi connectivity index (χ3v) is 3.89. The molecule has 0 aliphatic heterocycles. The van der Waals surface area contributed by atoms with Gasteiger partial charge in [-0.3, -0.25) is 0 Å². The lowest BCUT2D eigenvalue weighted by atomic mass is 9.95. The van der Waals surface area contributed by atoms with E-state index in [1.807, 2.05) is 0 Å². The van der Waals surface area contributed by atoms with Crippen LogP contribution in [0.4, 0.5) is 0 Å². The summed E-state index contributed by atoms with van der Waals surface area (Å²) < 4.78 is 0. The summed E-state index contributed by atoms with van der Waals surface area (Å²) in [4.78, 5) is 4.83. The van der Waals surface area contributed by atoms with E-state index in [1.54, 1.807) is 0 Å². The van der Waals surface area contributed by atoms with E-state index in [9.17, 15) is 5.11 Å². The average molecular weight is 302 g/mol. The summed E-state index contributed by atoms with van der Waals surface area (Å²) in [5.74, 6) is 0.719. The molecule has 0 aromatic rings. The van der Waals surface area contributed by atoms with E-state index in [2.05, 4.69) is 56.9 Å². The zero-order valence-electron chi connectivity index (χ0n) is 15.3. The average Bonchev–Trinajstić information content (AvgIpc) is 2.40. The molecule has 128 valence electrons. The lowest BCUT2D eigenvalue weighted by Crippen LogP contribution is -2.45. The van der Waals surface area contributed by atoms with Crippen LogP contribution in [-0.2, 0) is 0 Å². The summed E-state index contributed by atoms with van der Waals surface area (Å²) in [5, 5.41) is 12.9. The van der Waals surface area contributed by atoms with Crippen LogP contribution in [0, 0.1) is 5.92 Å². The molecule has 21 heavy (non-hydrogen) atoms. The van der Waals surface area contributed by atoms with Gasteiger partial charge in [-0.2, -0.15) is 0 Å². The Morgan fingerprint density at radius 1 is 1.10 bits per heavy atom. The quantitative estimate of drug-likeness (QED) is 0.511. The first-order chi connectivity index (χ1) is 9.83. The largest absolute Gasteiger partial charge is 0.394 e. The molecule has 2 N–H and O–H groups in total. The van der Waals surface area contributed by atoms with Crippen LogP contribution in [0.15, 0.2) is 0 Å². The van der Waals surface area contributed by atoms with Crippen LogP contribution in [-0.4, -0.2) is 73.9 Å². The molecule has 0 aliphatic carbocycles. The highest BCUT2D eigenvalue weighted by Crippen LogP contribution is 2.13. The minimum Gasteiger partial charge on any atom is -0.394 e. The second-order valence-electron chi connectivity index (χ2n) is 7.20. The van der Waals surface area contributed by atoms with Crippen LogP contribution in [0.2, 0.25) is 0 Å². The fraction of sp³-hybridized carbons (Fsp3) is 1.00. The molecule has 0 rings (SSSR count). The second kappa shape index (κ2) is 11.4. The zero-order valence-corrected chi connectivity index (χ0v) is 15.3. The Balaban J connectivity index is 4.05. The van der Waals surface area contributed by atoms with Gasteiger partial charge in [0.15, 0.2) is 0 Å². The van der Waals surface area contributed by atoms with Gasteiger partial charge in [-0.1, -0.05) is 27.2 Å². The molecule has 0 saturated carbocycles. The number of aliphatic hydroxyl groups excluding tert-OH is 1. The van der Waals surface area contributed by atoms with Crippen LogP contribution in [0.5, 0.6) is 0 Å². The van der Waals surface area contributed by atoms with Crippen molar-refractivity contribution in [3.8, 4) is 0 Å². The van der Waals surface area contributed by atoms with E-state index in [4.69, 9.17) is 0 Å². The predicted octanol–water partition coefficient (Wildman–Crippen LogP) is 2.04. The smallest absolute Gasteiger partial charge is 0.0610 e. The molecule has 0 radical (unpaired) electrons. The fourth-order valence-corrected chi connectivity index (χ4v) is 2.65. The fourth-order valence-electron chi connectivity index (χ4n) is 2.65. The van der Waals surface area contributed by atoms with Crippen molar-refractivity contribution >= 4 is 0 Å². The van der Waals surface area contributed by atoms with Crippen molar-refractivity contribution in [2.24, 2.45) is 5.92 Å². The van der Waals surface area contributed by atoms with E-state index in [-0.39, 0.29) is 12.1 Å². The maximum Gasteiger partial charge on any atom is 0.0610 e. The molecule has 1 atom stereocenters. The molecule has 0 heterocycles. The Hall–Kier alpha value is -0.160. The van der Waals surface area contributed by atoms with E-state index >= 15 is 0 Å². The second-order valence-corrected chi connectivity index (χ2v) is 7.20. The van der Waals surface area contributed by atoms with Crippen LogP contribution in [0.1, 0.15) is 47.0 Å². The number of hydrogen-bond acceptors (Lipinski definition) is 4. The van der Waals surface area contributed by atoms with Gasteiger partial charge in [0, 0.05) is 25.2 Å². The minimum atomic E-state index is -0.110. The summed E-state index contributed by atoms with van der Waals surface area (Å²) in [6, 6.07) is 0. The topological polar surface area (TPSA) is 38.7 Å². The molecule has 0 amide bonds. The monoisotopic (exact) mass is 301 g/mol. The van der Waals surface area contributed by atoms with Gasteiger partial charge in [-0.05, 0) is 52.9 Å². The molecule has 4 nitrogen and oxygen atoms in total. The third kappa shape index (κ3) is 11.1. The van der Waals surface area contributed by atoms with Crippen molar-refractivity contribution in [2.45, 2.75) is 52.5 Å². The first-order valence-electron chi connectivity index (χ1n) is 8.56. The predicted molar refractivity (Wildman–Crippen MR) is 92.9 cm³/mol. The Kier molecular flexibility index (Phi) is 11.3. The van der Waals surface area contributed by atoms with Crippen molar-refractivity contribution < 1.29 is 5.11 Å². The zero-order chi connectivity index (χ0) is 16.3. The molecule has 0 spiro atoms. The Morgan fingerprint density at radius 3 is 2.24 bits per heavy atom. The lowest BCUT2D eigenvalue weighted by Gasteiger charge is -2.29. The number of rotatable bonds is 13. The third-order valence-electron chi connectivity index (χ3n) is 3.89. The van der Waals surface area contributed by atoms with E-state index in [0.717, 1.165) is 32.0 Å². The SMILES string of the molecule is CCNC(C)(CO)CCCCN(CCN(C)C)CC(C)C. The summed E-state index contributed by atoms with van der Waals surface area (Å²) in [7, 11) is 4.27. The molecule has 4 heteroatoms. The maximum absolute atomic E-state index is 9.51. The van der Waals surface area contributed by atoms with Gasteiger partial charge < -0.3 is 20.2 Å². The summed E-state index contributed by atoms with van der Waals surface area (Å²) >= 11 is 0. The van der Waals surface area contributed by atoms with E-state index in [0.29, 0.717) is 0 Å². The van der Waals surface area contributed by atoms with E-state index < -0.39 is 0 Å². The van der Waals surface area contributed by atoms with Gasteiger partial charge >= 0.3 is 0 Å². The van der Waals surface area contributed by atoms with E-state index in [1.165, 1.54) is 25.9 Å². The van der Waals surface area contributed by atoms with Crippen molar-refractivity contribution in [1.29, 1.82) is 0 Å². The molecular weight excluding hydrogens is 262 g/mol. The summed E-state index contributed by atoms with van der Waals surface area (Å²) in [5.41, 5.74) is -0.110. The molecule has 0 aromatic heterocycles. The van der Waals surface area contributed by atoms with Crippen molar-refractivity contribution in [3.63, 3.8) is 0 Å². The number of nitrogens with zero attached hydrogens (tertiary/aromatic N) is 2. The Morgan fingerprint density at radius 2 is 1.76 bits per heavy atom. The molecule has 0 aromatic carbocycles. The molecule has 0 aliphatic rings. The minimum absolute atomic E-state index is 0.110. The Labute approximate surface area is 132 Å². The highest BCUT2D eigenvalue weighted by Gasteiger charge is 2.21. The number of aliphatic hydroxyl groups is 1. The number of likely N-dealkylation sites (N-methyl/N-ethyl adjacent to an activating group) is 2. The normalized spacial score (nSPS) is 15.1. The van der Waals surface area contributed by atoms with Gasteiger partial charge in [0.1, 0.15) is 0 Å².